The highest BCUT2D eigenvalue weighted by Crippen LogP contribution is 2.36. The van der Waals surface area contributed by atoms with E-state index < -0.39 is 6.04 Å². The summed E-state index contributed by atoms with van der Waals surface area (Å²) < 4.78 is 5.54. The van der Waals surface area contributed by atoms with Crippen LogP contribution in [-0.2, 0) is 9.59 Å². The van der Waals surface area contributed by atoms with Crippen LogP contribution in [0, 0.1) is 20.8 Å². The number of aryl methyl sites for hydroxylation is 2. The van der Waals surface area contributed by atoms with Crippen LogP contribution in [0.4, 0.5) is 11.4 Å². The molecule has 5 nitrogen and oxygen atoms in total. The lowest BCUT2D eigenvalue weighted by Crippen LogP contribution is -2.56. The average molecular weight is 429 g/mol. The highest BCUT2D eigenvalue weighted by Gasteiger charge is 2.42. The van der Waals surface area contributed by atoms with Gasteiger partial charge in [-0.3, -0.25) is 14.5 Å². The van der Waals surface area contributed by atoms with Gasteiger partial charge in [0.25, 0.3) is 5.91 Å². The van der Waals surface area contributed by atoms with E-state index in [1.807, 2.05) is 94.4 Å². The van der Waals surface area contributed by atoms with Crippen molar-refractivity contribution in [3.05, 3.63) is 89.0 Å². The molecule has 4 rings (SSSR count). The van der Waals surface area contributed by atoms with Gasteiger partial charge in [0.1, 0.15) is 18.3 Å². The first-order chi connectivity index (χ1) is 15.4. The van der Waals surface area contributed by atoms with E-state index in [-0.39, 0.29) is 18.4 Å². The molecular formula is C27H28N2O3. The zero-order valence-electron chi connectivity index (χ0n) is 19.0. The lowest BCUT2D eigenvalue weighted by Gasteiger charge is -2.41. The van der Waals surface area contributed by atoms with Gasteiger partial charge in [0.2, 0.25) is 5.91 Å². The maximum atomic E-state index is 13.9. The summed E-state index contributed by atoms with van der Waals surface area (Å²) >= 11 is 0. The molecule has 1 aliphatic heterocycles. The first-order valence-electron chi connectivity index (χ1n) is 10.9. The van der Waals surface area contributed by atoms with E-state index >= 15 is 0 Å². The molecule has 0 saturated carbocycles. The van der Waals surface area contributed by atoms with Gasteiger partial charge in [-0.1, -0.05) is 42.0 Å². The molecule has 1 unspecified atom stereocenters. The highest BCUT2D eigenvalue weighted by molar-refractivity contribution is 6.14. The van der Waals surface area contributed by atoms with E-state index in [0.29, 0.717) is 12.3 Å². The van der Waals surface area contributed by atoms with Crippen LogP contribution in [0.15, 0.2) is 66.7 Å². The van der Waals surface area contributed by atoms with Gasteiger partial charge in [-0.2, -0.15) is 0 Å². The molecule has 0 aromatic heterocycles. The second kappa shape index (κ2) is 8.87. The Morgan fingerprint density at radius 1 is 0.906 bits per heavy atom. The Kier molecular flexibility index (Phi) is 5.99. The lowest BCUT2D eigenvalue weighted by molar-refractivity contribution is -0.128. The first kappa shape index (κ1) is 21.6. The number of nitrogens with zero attached hydrogens (tertiary/aromatic N) is 2. The molecule has 1 heterocycles. The highest BCUT2D eigenvalue weighted by atomic mass is 16.5. The predicted molar refractivity (Wildman–Crippen MR) is 127 cm³/mol. The van der Waals surface area contributed by atoms with Gasteiger partial charge >= 0.3 is 0 Å². The van der Waals surface area contributed by atoms with Crippen molar-refractivity contribution in [2.24, 2.45) is 0 Å². The third-order valence-corrected chi connectivity index (χ3v) is 6.01. The third-order valence-electron chi connectivity index (χ3n) is 6.01. The summed E-state index contributed by atoms with van der Waals surface area (Å²) in [6, 6.07) is 20.3. The van der Waals surface area contributed by atoms with Crippen LogP contribution in [0.25, 0.3) is 0 Å². The van der Waals surface area contributed by atoms with Crippen molar-refractivity contribution in [2.75, 3.05) is 23.0 Å². The number of piperazine rings is 1. The van der Waals surface area contributed by atoms with Gasteiger partial charge < -0.3 is 9.64 Å². The van der Waals surface area contributed by atoms with Gasteiger partial charge in [-0.15, -0.1) is 0 Å². The minimum absolute atomic E-state index is 0.00129. The van der Waals surface area contributed by atoms with Crippen LogP contribution in [0.3, 0.4) is 0 Å². The first-order valence-corrected chi connectivity index (χ1v) is 10.9. The van der Waals surface area contributed by atoms with E-state index in [9.17, 15) is 9.59 Å². The predicted octanol–water partition coefficient (Wildman–Crippen LogP) is 5.13. The Morgan fingerprint density at radius 3 is 2.25 bits per heavy atom. The molecule has 1 saturated heterocycles. The quantitative estimate of drug-likeness (QED) is 0.566. The fraction of sp³-hybridized carbons (Fsp3) is 0.259. The van der Waals surface area contributed by atoms with E-state index in [0.717, 1.165) is 33.7 Å². The number of hydrogen-bond acceptors (Lipinski definition) is 3. The Bertz CT molecular complexity index is 1140. The largest absolute Gasteiger partial charge is 0.494 e. The SMILES string of the molecule is CCOc1ccc(N2C(=O)CN(c3cccc(C)c3C)C(=O)C2c2ccc(C)cc2)cc1. The van der Waals surface area contributed by atoms with Gasteiger partial charge in [-0.05, 0) is 74.7 Å². The molecule has 0 bridgehead atoms. The molecule has 1 aliphatic rings. The fourth-order valence-corrected chi connectivity index (χ4v) is 4.13. The summed E-state index contributed by atoms with van der Waals surface area (Å²) in [5, 5.41) is 0. The molecule has 164 valence electrons. The summed E-state index contributed by atoms with van der Waals surface area (Å²) in [5.74, 6) is 0.493. The molecule has 0 N–H and O–H groups in total. The molecule has 0 radical (unpaired) electrons. The number of carbonyl (C=O) groups is 2. The van der Waals surface area contributed by atoms with Crippen LogP contribution >= 0.6 is 0 Å². The van der Waals surface area contributed by atoms with E-state index in [4.69, 9.17) is 4.74 Å². The van der Waals surface area contributed by atoms with Crippen molar-refractivity contribution in [3.63, 3.8) is 0 Å². The maximum absolute atomic E-state index is 13.9. The molecule has 0 aliphatic carbocycles. The number of ether oxygens (including phenoxy) is 1. The molecule has 3 aromatic rings. The number of benzene rings is 3. The molecule has 1 atom stereocenters. The monoisotopic (exact) mass is 428 g/mol. The van der Waals surface area contributed by atoms with Crippen LogP contribution in [0.5, 0.6) is 5.75 Å². The number of rotatable bonds is 5. The summed E-state index contributed by atoms with van der Waals surface area (Å²) in [6.45, 7) is 8.50. The van der Waals surface area contributed by atoms with E-state index in [1.54, 1.807) is 9.80 Å². The Balaban J connectivity index is 1.80. The van der Waals surface area contributed by atoms with Gasteiger partial charge in [0, 0.05) is 11.4 Å². The Morgan fingerprint density at radius 2 is 1.59 bits per heavy atom. The zero-order chi connectivity index (χ0) is 22.8. The van der Waals surface area contributed by atoms with E-state index in [1.165, 1.54) is 0 Å². The van der Waals surface area contributed by atoms with Gasteiger partial charge in [0.15, 0.2) is 0 Å². The summed E-state index contributed by atoms with van der Waals surface area (Å²) in [7, 11) is 0. The van der Waals surface area contributed by atoms with Crippen molar-refractivity contribution in [2.45, 2.75) is 33.7 Å². The molecule has 5 heteroatoms. The summed E-state index contributed by atoms with van der Waals surface area (Å²) in [6.07, 6.45) is 0. The molecule has 1 fully saturated rings. The van der Waals surface area contributed by atoms with Crippen molar-refractivity contribution >= 4 is 23.2 Å². The second-order valence-electron chi connectivity index (χ2n) is 8.15. The Hall–Kier alpha value is -3.60. The van der Waals surface area contributed by atoms with Crippen LogP contribution in [0.1, 0.15) is 35.2 Å². The summed E-state index contributed by atoms with van der Waals surface area (Å²) in [5.41, 5.74) is 5.44. The normalized spacial score (nSPS) is 16.4. The minimum atomic E-state index is -0.741. The Labute approximate surface area is 189 Å². The topological polar surface area (TPSA) is 49.9 Å². The second-order valence-corrected chi connectivity index (χ2v) is 8.15. The van der Waals surface area contributed by atoms with Gasteiger partial charge in [0.05, 0.1) is 6.61 Å². The number of carbonyl (C=O) groups excluding carboxylic acids is 2. The average Bonchev–Trinajstić information content (AvgIpc) is 2.78. The van der Waals surface area contributed by atoms with Crippen molar-refractivity contribution in [1.29, 1.82) is 0 Å². The van der Waals surface area contributed by atoms with Crippen molar-refractivity contribution < 1.29 is 14.3 Å². The minimum Gasteiger partial charge on any atom is -0.494 e. The fourth-order valence-electron chi connectivity index (χ4n) is 4.13. The van der Waals surface area contributed by atoms with Crippen LogP contribution in [0.2, 0.25) is 0 Å². The summed E-state index contributed by atoms with van der Waals surface area (Å²) in [4.78, 5) is 30.6. The maximum Gasteiger partial charge on any atom is 0.255 e. The zero-order valence-corrected chi connectivity index (χ0v) is 19.0. The number of amides is 2. The van der Waals surface area contributed by atoms with Crippen LogP contribution in [-0.4, -0.2) is 25.0 Å². The number of anilines is 2. The molecule has 32 heavy (non-hydrogen) atoms. The number of hydrogen-bond donors (Lipinski definition) is 0. The van der Waals surface area contributed by atoms with Crippen molar-refractivity contribution in [1.82, 2.24) is 0 Å². The molecular weight excluding hydrogens is 400 g/mol. The molecule has 3 aromatic carbocycles. The molecule has 0 spiro atoms. The van der Waals surface area contributed by atoms with E-state index in [2.05, 4.69) is 0 Å². The van der Waals surface area contributed by atoms with Crippen molar-refractivity contribution in [3.8, 4) is 5.75 Å². The third kappa shape index (κ3) is 3.98. The standard InChI is InChI=1S/C27H28N2O3/c1-5-32-23-15-13-22(14-16-23)29-25(30)17-28(24-8-6-7-19(3)20(24)4)27(31)26(29)21-11-9-18(2)10-12-21/h6-16,26H,5,17H2,1-4H3. The smallest absolute Gasteiger partial charge is 0.255 e. The van der Waals surface area contributed by atoms with Gasteiger partial charge in [-0.25, -0.2) is 0 Å². The van der Waals surface area contributed by atoms with Crippen LogP contribution < -0.4 is 14.5 Å². The lowest BCUT2D eigenvalue weighted by atomic mass is 9.97. The molecule has 2 amide bonds.